The van der Waals surface area contributed by atoms with Crippen molar-refractivity contribution >= 4 is 10.1 Å². The Bertz CT molecular complexity index is 721. The summed E-state index contributed by atoms with van der Waals surface area (Å²) < 4.78 is 225. The Labute approximate surface area is 187 Å². The normalized spacial score (nSPS) is 27.6. The molecule has 0 spiro atoms. The first-order valence-electron chi connectivity index (χ1n) is 5.55. The fourth-order valence-electron chi connectivity index (χ4n) is 1.98. The van der Waals surface area contributed by atoms with E-state index in [0.717, 1.165) is 0 Å². The minimum absolute atomic E-state index is 0. The Balaban J connectivity index is 0. The third-order valence-corrected chi connectivity index (χ3v) is 4.47. The second-order valence-electron chi connectivity index (χ2n) is 5.10. The molecule has 0 aromatic heterocycles. The minimum atomic E-state index is -8.64. The molecule has 1 fully saturated rings. The smallest absolute Gasteiger partial charge is 1.00 e. The van der Waals surface area contributed by atoms with E-state index >= 15 is 0 Å². The molecule has 0 heterocycles. The first-order valence-corrected chi connectivity index (χ1v) is 6.99. The van der Waals surface area contributed by atoms with E-state index in [1.165, 1.54) is 0 Å². The monoisotopic (exact) mass is 502 g/mol. The Morgan fingerprint density at radius 1 is 0.607 bits per heavy atom. The van der Waals surface area contributed by atoms with Crippen molar-refractivity contribution in [2.75, 3.05) is 0 Å². The van der Waals surface area contributed by atoms with Crippen molar-refractivity contribution in [1.29, 1.82) is 0 Å². The van der Waals surface area contributed by atoms with Crippen molar-refractivity contribution in [2.24, 2.45) is 0 Å². The predicted octanol–water partition coefficient (Wildman–Crippen LogP) is 1.12. The van der Waals surface area contributed by atoms with Crippen LogP contribution < -0.4 is 51.4 Å². The maximum absolute atomic E-state index is 13.9. The third kappa shape index (κ3) is 2.59. The molecule has 0 aromatic carbocycles. The molecule has 20 heteroatoms. The molecular weight excluding hydrogens is 500 g/mol. The van der Waals surface area contributed by atoms with E-state index in [2.05, 4.69) is 0 Å². The Morgan fingerprint density at radius 2 is 0.821 bits per heavy atom. The predicted molar refractivity (Wildman–Crippen MR) is 51.1 cm³/mol. The van der Waals surface area contributed by atoms with E-state index in [1.54, 1.807) is 0 Å². The fourth-order valence-corrected chi connectivity index (χ4v) is 2.44. The maximum Gasteiger partial charge on any atom is 1.00 e. The van der Waals surface area contributed by atoms with Gasteiger partial charge in [0.25, 0.3) is 0 Å². The molecule has 28 heavy (non-hydrogen) atoms. The van der Waals surface area contributed by atoms with Gasteiger partial charge in [-0.25, -0.2) is 4.39 Å². The second-order valence-corrected chi connectivity index (χ2v) is 6.56. The van der Waals surface area contributed by atoms with E-state index in [1.807, 2.05) is 0 Å². The van der Waals surface area contributed by atoms with Crippen LogP contribution in [0.3, 0.4) is 0 Å². The van der Waals surface area contributed by atoms with Crippen LogP contribution in [0.5, 0.6) is 0 Å². The van der Waals surface area contributed by atoms with Crippen LogP contribution in [0.1, 0.15) is 1.43 Å². The van der Waals surface area contributed by atoms with Crippen molar-refractivity contribution in [1.82, 2.24) is 0 Å². The van der Waals surface area contributed by atoms with Gasteiger partial charge in [-0.05, 0) is 0 Å². The van der Waals surface area contributed by atoms with E-state index in [0.29, 0.717) is 0 Å². The Kier molecular flexibility index (Phi) is 6.62. The molecule has 0 aliphatic heterocycles. The zero-order chi connectivity index (χ0) is 22.5. The van der Waals surface area contributed by atoms with Gasteiger partial charge in [0, 0.05) is 0 Å². The fraction of sp³-hybridized carbons (Fsp3) is 1.00. The van der Waals surface area contributed by atoms with Gasteiger partial charge in [-0.3, -0.25) is 4.55 Å². The van der Waals surface area contributed by atoms with E-state index in [9.17, 15) is 74.3 Å². The van der Waals surface area contributed by atoms with Gasteiger partial charge in [0.15, 0.2) is 0 Å². The molecule has 0 radical (unpaired) electrons. The summed E-state index contributed by atoms with van der Waals surface area (Å²) in [4.78, 5) is 0. The van der Waals surface area contributed by atoms with Crippen LogP contribution in [0.15, 0.2) is 0 Å². The molecule has 1 saturated carbocycles. The van der Waals surface area contributed by atoms with Crippen molar-refractivity contribution in [3.8, 4) is 0 Å². The molecular formula is C8H2F15KO3S. The van der Waals surface area contributed by atoms with Crippen LogP contribution in [0.25, 0.3) is 0 Å². The Morgan fingerprint density at radius 3 is 1.04 bits per heavy atom. The van der Waals surface area contributed by atoms with Crippen molar-refractivity contribution in [3.63, 3.8) is 0 Å². The SMILES string of the molecule is O=S(=O)(O)C(F)(F)C(F)(F)C1(F)C(F)(F)C(F)(F)C(F)(F)C(F)(F)C1(F)F.[H-].[K+]. The van der Waals surface area contributed by atoms with Gasteiger partial charge in [0.2, 0.25) is 0 Å². The summed E-state index contributed by atoms with van der Waals surface area (Å²) >= 11 is 0. The first-order chi connectivity index (χ1) is 11.2. The van der Waals surface area contributed by atoms with Crippen LogP contribution in [0.2, 0.25) is 0 Å². The summed E-state index contributed by atoms with van der Waals surface area (Å²) in [5.41, 5.74) is -8.64. The van der Waals surface area contributed by atoms with Gasteiger partial charge in [0.1, 0.15) is 0 Å². The van der Waals surface area contributed by atoms with Crippen molar-refractivity contribution in [2.45, 2.75) is 46.5 Å². The summed E-state index contributed by atoms with van der Waals surface area (Å²) in [5, 5.41) is -7.87. The number of hydrogen-bond acceptors (Lipinski definition) is 2. The summed E-state index contributed by atoms with van der Waals surface area (Å²) in [6.07, 6.45) is 0. The molecule has 1 N–H and O–H groups in total. The summed E-state index contributed by atoms with van der Waals surface area (Å²) in [5.74, 6) is -49.7. The summed E-state index contributed by atoms with van der Waals surface area (Å²) in [6.45, 7) is 0. The average Bonchev–Trinajstić information content (AvgIpc) is 2.42. The number of halogens is 15. The van der Waals surface area contributed by atoms with Gasteiger partial charge in [-0.1, -0.05) is 0 Å². The van der Waals surface area contributed by atoms with Crippen molar-refractivity contribution in [3.05, 3.63) is 0 Å². The maximum atomic E-state index is 13.9. The zero-order valence-electron chi connectivity index (χ0n) is 13.3. The Hall–Kier alpha value is 0.496. The summed E-state index contributed by atoms with van der Waals surface area (Å²) in [7, 11) is -7.92. The molecule has 0 bridgehead atoms. The molecule has 1 rings (SSSR count). The molecule has 0 amide bonds. The number of rotatable bonds is 3. The summed E-state index contributed by atoms with van der Waals surface area (Å²) in [6, 6.07) is 0. The van der Waals surface area contributed by atoms with E-state index < -0.39 is 56.6 Å². The minimum Gasteiger partial charge on any atom is -1.00 e. The molecule has 0 atom stereocenters. The average molecular weight is 502 g/mol. The van der Waals surface area contributed by atoms with E-state index in [-0.39, 0.29) is 52.8 Å². The molecule has 1 aliphatic carbocycles. The van der Waals surface area contributed by atoms with Crippen LogP contribution in [-0.4, -0.2) is 59.4 Å². The van der Waals surface area contributed by atoms with Gasteiger partial charge >= 0.3 is 108 Å². The second kappa shape index (κ2) is 6.50. The molecule has 1 aliphatic rings. The van der Waals surface area contributed by atoms with E-state index in [4.69, 9.17) is 4.55 Å². The van der Waals surface area contributed by atoms with Crippen LogP contribution in [0.4, 0.5) is 65.9 Å². The zero-order valence-corrected chi connectivity index (χ0v) is 16.3. The molecule has 3 nitrogen and oxygen atoms in total. The largest absolute Gasteiger partial charge is 1.00 e. The number of hydrogen-bond donors (Lipinski definition) is 1. The first kappa shape index (κ1) is 28.5. The van der Waals surface area contributed by atoms with Gasteiger partial charge in [-0.2, -0.15) is 69.9 Å². The van der Waals surface area contributed by atoms with Crippen LogP contribution in [0, 0.1) is 0 Å². The quantitative estimate of drug-likeness (QED) is 0.358. The van der Waals surface area contributed by atoms with Gasteiger partial charge in [0.05, 0.1) is 0 Å². The molecule has 0 aromatic rings. The molecule has 0 saturated heterocycles. The van der Waals surface area contributed by atoms with Gasteiger partial charge in [-0.15, -0.1) is 0 Å². The van der Waals surface area contributed by atoms with Crippen LogP contribution in [-0.2, 0) is 10.1 Å². The standard InChI is InChI=1S/C8HF15O3S.K.H/c9-1(4(14,15)8(22,23)27(24,25)26)2(10,11)5(16,17)7(20,21)6(18,19)3(1,12)13;;/h(H,24,25,26);;/q;+1;-1. The van der Waals surface area contributed by atoms with Crippen molar-refractivity contribution < 1.29 is 132 Å². The van der Waals surface area contributed by atoms with Gasteiger partial charge < -0.3 is 1.43 Å². The molecule has 0 unspecified atom stereocenters. The third-order valence-electron chi connectivity index (χ3n) is 3.56. The van der Waals surface area contributed by atoms with Crippen LogP contribution >= 0.6 is 0 Å². The topological polar surface area (TPSA) is 54.4 Å². The molecule has 164 valence electrons. The number of alkyl halides is 15.